The highest BCUT2D eigenvalue weighted by Gasteiger charge is 2.35. The molecule has 0 spiro atoms. The topological polar surface area (TPSA) is 47.6 Å². The number of methoxy groups -OCH3 is 2. The third-order valence-electron chi connectivity index (χ3n) is 3.88. The third-order valence-corrected chi connectivity index (χ3v) is 4.27. The molecule has 2 rings (SSSR count). The number of ether oxygens (including phenoxy) is 2. The molecule has 1 aromatic rings. The molecular formula is C16H22ClNO3. The van der Waals surface area contributed by atoms with Gasteiger partial charge in [-0.15, -0.1) is 0 Å². The molecule has 1 N–H and O–H groups in total. The molecule has 2 unspecified atom stereocenters. The lowest BCUT2D eigenvalue weighted by Gasteiger charge is -2.23. The SMILES string of the molecule is COc1ccc(C2CC(=O)NC2CC(C)C)c(Cl)c1OC. The number of benzene rings is 1. The standard InChI is InChI=1S/C16H22ClNO3/c1-9(2)7-12-11(8-14(19)18-12)10-5-6-13(20-3)16(21-4)15(10)17/h5-6,9,11-12H,7-8H2,1-4H3,(H,18,19). The molecule has 1 heterocycles. The van der Waals surface area contributed by atoms with Crippen LogP contribution in [0.5, 0.6) is 11.5 Å². The van der Waals surface area contributed by atoms with Crippen LogP contribution in [-0.4, -0.2) is 26.2 Å². The third kappa shape index (κ3) is 3.26. The first-order chi connectivity index (χ1) is 9.97. The average Bonchev–Trinajstić information content (AvgIpc) is 2.78. The van der Waals surface area contributed by atoms with Crippen LogP contribution in [0.25, 0.3) is 0 Å². The summed E-state index contributed by atoms with van der Waals surface area (Å²) in [6.45, 7) is 4.30. The molecule has 1 aliphatic heterocycles. The van der Waals surface area contributed by atoms with Gasteiger partial charge in [0.15, 0.2) is 11.5 Å². The van der Waals surface area contributed by atoms with E-state index in [1.54, 1.807) is 14.2 Å². The van der Waals surface area contributed by atoms with Crippen molar-refractivity contribution in [2.75, 3.05) is 14.2 Å². The van der Waals surface area contributed by atoms with E-state index in [-0.39, 0.29) is 17.9 Å². The van der Waals surface area contributed by atoms with E-state index in [1.807, 2.05) is 12.1 Å². The number of hydrogen-bond acceptors (Lipinski definition) is 3. The molecule has 0 aliphatic carbocycles. The van der Waals surface area contributed by atoms with E-state index >= 15 is 0 Å². The fourth-order valence-corrected chi connectivity index (χ4v) is 3.33. The van der Waals surface area contributed by atoms with Crippen molar-refractivity contribution in [2.45, 2.75) is 38.6 Å². The van der Waals surface area contributed by atoms with Crippen LogP contribution in [0.2, 0.25) is 5.02 Å². The Kier molecular flexibility index (Phi) is 4.99. The van der Waals surface area contributed by atoms with E-state index in [0.717, 1.165) is 12.0 Å². The number of hydrogen-bond donors (Lipinski definition) is 1. The molecule has 2 atom stereocenters. The van der Waals surface area contributed by atoms with Crippen LogP contribution in [-0.2, 0) is 4.79 Å². The van der Waals surface area contributed by atoms with Crippen LogP contribution in [0.3, 0.4) is 0 Å². The van der Waals surface area contributed by atoms with Crippen LogP contribution in [0.1, 0.15) is 38.2 Å². The molecule has 1 aromatic carbocycles. The lowest BCUT2D eigenvalue weighted by atomic mass is 9.87. The zero-order valence-corrected chi connectivity index (χ0v) is 13.7. The highest BCUT2D eigenvalue weighted by molar-refractivity contribution is 6.33. The molecule has 5 heteroatoms. The van der Waals surface area contributed by atoms with Gasteiger partial charge in [0.25, 0.3) is 0 Å². The maximum Gasteiger partial charge on any atom is 0.220 e. The Morgan fingerprint density at radius 1 is 1.33 bits per heavy atom. The van der Waals surface area contributed by atoms with Crippen molar-refractivity contribution >= 4 is 17.5 Å². The van der Waals surface area contributed by atoms with Gasteiger partial charge < -0.3 is 14.8 Å². The first kappa shape index (κ1) is 16.0. The molecule has 1 fully saturated rings. The quantitative estimate of drug-likeness (QED) is 0.907. The number of carbonyl (C=O) groups is 1. The van der Waals surface area contributed by atoms with Gasteiger partial charge in [-0.25, -0.2) is 0 Å². The fraction of sp³-hybridized carbons (Fsp3) is 0.562. The first-order valence-corrected chi connectivity index (χ1v) is 7.55. The van der Waals surface area contributed by atoms with Crippen molar-refractivity contribution in [2.24, 2.45) is 5.92 Å². The lowest BCUT2D eigenvalue weighted by molar-refractivity contribution is -0.119. The molecular weight excluding hydrogens is 290 g/mol. The van der Waals surface area contributed by atoms with Gasteiger partial charge in [0.05, 0.1) is 19.2 Å². The average molecular weight is 312 g/mol. The number of halogens is 1. The Hall–Kier alpha value is -1.42. The predicted octanol–water partition coefficient (Wildman–Crippen LogP) is 3.38. The van der Waals surface area contributed by atoms with E-state index in [1.165, 1.54) is 0 Å². The van der Waals surface area contributed by atoms with Crippen molar-refractivity contribution in [1.29, 1.82) is 0 Å². The molecule has 1 amide bonds. The summed E-state index contributed by atoms with van der Waals surface area (Å²) < 4.78 is 10.6. The van der Waals surface area contributed by atoms with E-state index in [9.17, 15) is 4.79 Å². The maximum atomic E-state index is 11.8. The van der Waals surface area contributed by atoms with Crippen molar-refractivity contribution in [3.63, 3.8) is 0 Å². The van der Waals surface area contributed by atoms with Crippen LogP contribution in [0.4, 0.5) is 0 Å². The molecule has 21 heavy (non-hydrogen) atoms. The van der Waals surface area contributed by atoms with Gasteiger partial charge in [-0.05, 0) is 24.0 Å². The summed E-state index contributed by atoms with van der Waals surface area (Å²) in [4.78, 5) is 11.8. The summed E-state index contributed by atoms with van der Waals surface area (Å²) in [6, 6.07) is 3.89. The smallest absolute Gasteiger partial charge is 0.220 e. The zero-order valence-electron chi connectivity index (χ0n) is 12.9. The molecule has 1 saturated heterocycles. The van der Waals surface area contributed by atoms with Gasteiger partial charge in [0, 0.05) is 18.4 Å². The monoisotopic (exact) mass is 311 g/mol. The van der Waals surface area contributed by atoms with Crippen LogP contribution in [0.15, 0.2) is 12.1 Å². The molecule has 4 nitrogen and oxygen atoms in total. The molecule has 0 aromatic heterocycles. The molecule has 0 radical (unpaired) electrons. The summed E-state index contributed by atoms with van der Waals surface area (Å²) in [5.74, 6) is 1.79. The highest BCUT2D eigenvalue weighted by atomic mass is 35.5. The Labute approximate surface area is 130 Å². The molecule has 0 bridgehead atoms. The lowest BCUT2D eigenvalue weighted by Crippen LogP contribution is -2.29. The Balaban J connectivity index is 2.38. The van der Waals surface area contributed by atoms with E-state index in [4.69, 9.17) is 21.1 Å². The summed E-state index contributed by atoms with van der Waals surface area (Å²) >= 11 is 6.48. The van der Waals surface area contributed by atoms with Gasteiger partial charge >= 0.3 is 0 Å². The largest absolute Gasteiger partial charge is 0.493 e. The summed E-state index contributed by atoms with van der Waals surface area (Å²) in [6.07, 6.45) is 1.40. The van der Waals surface area contributed by atoms with Crippen molar-refractivity contribution in [1.82, 2.24) is 5.32 Å². The Bertz CT molecular complexity index is 530. The maximum absolute atomic E-state index is 11.8. The van der Waals surface area contributed by atoms with Crippen molar-refractivity contribution < 1.29 is 14.3 Å². The summed E-state index contributed by atoms with van der Waals surface area (Å²) in [5, 5.41) is 3.59. The minimum absolute atomic E-state index is 0.0761. The van der Waals surface area contributed by atoms with Gasteiger partial charge in [-0.2, -0.15) is 0 Å². The number of nitrogens with one attached hydrogen (secondary N) is 1. The van der Waals surface area contributed by atoms with Gasteiger partial charge in [0.2, 0.25) is 5.91 Å². The van der Waals surface area contributed by atoms with Crippen LogP contribution in [0, 0.1) is 5.92 Å². The van der Waals surface area contributed by atoms with E-state index < -0.39 is 0 Å². The van der Waals surface area contributed by atoms with Crippen molar-refractivity contribution in [3.05, 3.63) is 22.7 Å². The molecule has 116 valence electrons. The highest BCUT2D eigenvalue weighted by Crippen LogP contribution is 2.43. The Morgan fingerprint density at radius 2 is 2.05 bits per heavy atom. The number of carbonyl (C=O) groups excluding carboxylic acids is 1. The number of rotatable bonds is 5. The van der Waals surface area contributed by atoms with Gasteiger partial charge in [-0.3, -0.25) is 4.79 Å². The second-order valence-electron chi connectivity index (χ2n) is 5.82. The minimum atomic E-state index is 0.0761. The van der Waals surface area contributed by atoms with Crippen molar-refractivity contribution in [3.8, 4) is 11.5 Å². The second-order valence-corrected chi connectivity index (χ2v) is 6.20. The molecule has 1 aliphatic rings. The van der Waals surface area contributed by atoms with Gasteiger partial charge in [-0.1, -0.05) is 31.5 Å². The summed E-state index contributed by atoms with van der Waals surface area (Å²) in [5.41, 5.74) is 0.943. The molecule has 0 saturated carbocycles. The normalized spacial score (nSPS) is 21.5. The Morgan fingerprint density at radius 3 is 2.62 bits per heavy atom. The minimum Gasteiger partial charge on any atom is -0.493 e. The van der Waals surface area contributed by atoms with Gasteiger partial charge in [0.1, 0.15) is 0 Å². The van der Waals surface area contributed by atoms with Crippen LogP contribution < -0.4 is 14.8 Å². The predicted molar refractivity (Wildman–Crippen MR) is 83.3 cm³/mol. The number of amides is 1. The zero-order chi connectivity index (χ0) is 15.6. The van der Waals surface area contributed by atoms with E-state index in [2.05, 4.69) is 19.2 Å². The second kappa shape index (κ2) is 6.56. The fourth-order valence-electron chi connectivity index (χ4n) is 2.96. The van der Waals surface area contributed by atoms with Crippen LogP contribution >= 0.6 is 11.6 Å². The first-order valence-electron chi connectivity index (χ1n) is 7.17. The summed E-state index contributed by atoms with van der Waals surface area (Å²) in [7, 11) is 3.15. The van der Waals surface area contributed by atoms with E-state index in [0.29, 0.717) is 28.9 Å².